The average Bonchev–Trinajstić information content (AvgIpc) is 2.67. The lowest BCUT2D eigenvalue weighted by molar-refractivity contribution is 0.0993. The Morgan fingerprint density at radius 3 is 2.79 bits per heavy atom. The van der Waals surface area contributed by atoms with Gasteiger partial charge in [-0.2, -0.15) is 4.39 Å². The summed E-state index contributed by atoms with van der Waals surface area (Å²) in [5.74, 6) is -0.970. The van der Waals surface area contributed by atoms with Gasteiger partial charge in [0.2, 0.25) is 0 Å². The summed E-state index contributed by atoms with van der Waals surface area (Å²) < 4.78 is 18.1. The van der Waals surface area contributed by atoms with Crippen LogP contribution in [0.3, 0.4) is 0 Å². The maximum atomic E-state index is 13.3. The molecule has 2 aliphatic heterocycles. The van der Waals surface area contributed by atoms with Gasteiger partial charge in [-0.1, -0.05) is 30.3 Å². The van der Waals surface area contributed by atoms with E-state index in [-0.39, 0.29) is 0 Å². The van der Waals surface area contributed by atoms with Gasteiger partial charge in [-0.15, -0.1) is 0 Å². The van der Waals surface area contributed by atoms with Crippen LogP contribution in [0.4, 0.5) is 4.39 Å². The molecule has 0 aromatic heterocycles. The summed E-state index contributed by atoms with van der Waals surface area (Å²) in [5.41, 5.74) is 1.19. The molecule has 0 amide bonds. The molecule has 1 aromatic rings. The molecule has 2 aliphatic rings. The van der Waals surface area contributed by atoms with Crippen molar-refractivity contribution in [1.29, 1.82) is 0 Å². The van der Waals surface area contributed by atoms with E-state index < -0.39 is 5.85 Å². The topological polar surface area (TPSA) is 15.8 Å². The van der Waals surface area contributed by atoms with Crippen LogP contribution >= 0.6 is 0 Å². The first-order valence-electron chi connectivity index (χ1n) is 4.64. The van der Waals surface area contributed by atoms with E-state index in [2.05, 4.69) is 0 Å². The molecule has 1 saturated heterocycles. The number of fused-ring (bicyclic) bond motifs is 1. The van der Waals surface area contributed by atoms with E-state index in [9.17, 15) is 4.39 Å². The Morgan fingerprint density at radius 1 is 1.36 bits per heavy atom. The summed E-state index contributed by atoms with van der Waals surface area (Å²) in [6, 6.07) is 10.0. The third-order valence-corrected chi connectivity index (χ3v) is 2.53. The van der Waals surface area contributed by atoms with Crippen LogP contribution in [-0.2, 0) is 11.3 Å². The van der Waals surface area contributed by atoms with E-state index in [1.165, 1.54) is 5.56 Å². The fraction of sp³-hybridized carbons (Fsp3) is 0.273. The zero-order valence-corrected chi connectivity index (χ0v) is 7.61. The van der Waals surface area contributed by atoms with Gasteiger partial charge in [0.15, 0.2) is 5.76 Å². The summed E-state index contributed by atoms with van der Waals surface area (Å²) in [4.78, 5) is 1.94. The van der Waals surface area contributed by atoms with Gasteiger partial charge in [-0.3, -0.25) is 0 Å². The predicted octanol–water partition coefficient (Wildman–Crippen LogP) is 2.04. The Kier molecular flexibility index (Phi) is 1.40. The van der Waals surface area contributed by atoms with Crippen LogP contribution in [0.5, 0.6) is 0 Å². The average molecular weight is 191 g/mol. The van der Waals surface area contributed by atoms with Gasteiger partial charge in [-0.05, 0) is 5.56 Å². The SMILES string of the molecule is FC12CN(Cc3ccccc3)C=C1O2. The van der Waals surface area contributed by atoms with Crippen LogP contribution in [0.15, 0.2) is 42.3 Å². The maximum absolute atomic E-state index is 13.3. The van der Waals surface area contributed by atoms with Crippen molar-refractivity contribution in [2.24, 2.45) is 0 Å². The summed E-state index contributed by atoms with van der Waals surface area (Å²) in [6.07, 6.45) is 1.76. The molecule has 1 unspecified atom stereocenters. The van der Waals surface area contributed by atoms with Gasteiger partial charge in [0.1, 0.15) is 0 Å². The van der Waals surface area contributed by atoms with Gasteiger partial charge >= 0.3 is 5.85 Å². The molecule has 3 rings (SSSR count). The molecule has 2 heterocycles. The quantitative estimate of drug-likeness (QED) is 0.665. The molecule has 1 atom stereocenters. The van der Waals surface area contributed by atoms with E-state index in [0.29, 0.717) is 12.3 Å². The van der Waals surface area contributed by atoms with E-state index in [0.717, 1.165) is 6.54 Å². The molecule has 0 bridgehead atoms. The van der Waals surface area contributed by atoms with Crippen LogP contribution in [0.25, 0.3) is 0 Å². The van der Waals surface area contributed by atoms with E-state index in [1.807, 2.05) is 35.2 Å². The van der Waals surface area contributed by atoms with Crippen LogP contribution in [0.1, 0.15) is 5.56 Å². The molecule has 0 N–H and O–H groups in total. The van der Waals surface area contributed by atoms with Crippen molar-refractivity contribution in [2.45, 2.75) is 12.4 Å². The fourth-order valence-electron chi connectivity index (χ4n) is 1.77. The minimum Gasteiger partial charge on any atom is -0.445 e. The molecular weight excluding hydrogens is 181 g/mol. The molecule has 0 saturated carbocycles. The van der Waals surface area contributed by atoms with Gasteiger partial charge in [0.25, 0.3) is 0 Å². The van der Waals surface area contributed by atoms with Crippen LogP contribution in [-0.4, -0.2) is 17.3 Å². The Hall–Kier alpha value is -1.51. The number of benzene rings is 1. The lowest BCUT2D eigenvalue weighted by atomic mass is 10.2. The Morgan fingerprint density at radius 2 is 2.14 bits per heavy atom. The molecule has 14 heavy (non-hydrogen) atoms. The first kappa shape index (κ1) is 7.85. The number of rotatable bonds is 2. The number of hydrogen-bond donors (Lipinski definition) is 0. The van der Waals surface area contributed by atoms with Gasteiger partial charge in [-0.25, -0.2) is 0 Å². The normalized spacial score (nSPS) is 28.1. The minimum absolute atomic E-state index is 0.331. The Labute approximate surface area is 81.6 Å². The summed E-state index contributed by atoms with van der Waals surface area (Å²) in [5, 5.41) is 0. The number of ether oxygens (including phenoxy) is 1. The number of halogens is 1. The standard InChI is InChI=1S/C11H10FNO/c12-11-8-13(7-10(11)14-11)6-9-4-2-1-3-5-9/h1-5,7H,6,8H2. The molecule has 72 valence electrons. The molecule has 0 aliphatic carbocycles. The van der Waals surface area contributed by atoms with Crippen molar-refractivity contribution < 1.29 is 9.13 Å². The van der Waals surface area contributed by atoms with Gasteiger partial charge in [0, 0.05) is 12.7 Å². The monoisotopic (exact) mass is 191 g/mol. The summed E-state index contributed by atoms with van der Waals surface area (Å²) >= 11 is 0. The number of alkyl halides is 1. The van der Waals surface area contributed by atoms with E-state index >= 15 is 0 Å². The lowest BCUT2D eigenvalue weighted by Gasteiger charge is -2.16. The maximum Gasteiger partial charge on any atom is 0.324 e. The second-order valence-corrected chi connectivity index (χ2v) is 3.71. The summed E-state index contributed by atoms with van der Waals surface area (Å²) in [6.45, 7) is 1.08. The van der Waals surface area contributed by atoms with Crippen molar-refractivity contribution in [1.82, 2.24) is 4.90 Å². The highest BCUT2D eigenvalue weighted by atomic mass is 19.2. The van der Waals surface area contributed by atoms with Crippen molar-refractivity contribution in [3.8, 4) is 0 Å². The lowest BCUT2D eigenvalue weighted by Crippen LogP contribution is -2.22. The number of nitrogens with zero attached hydrogens (tertiary/aromatic N) is 1. The molecule has 1 fully saturated rings. The van der Waals surface area contributed by atoms with Crippen molar-refractivity contribution in [2.75, 3.05) is 6.54 Å². The predicted molar refractivity (Wildman–Crippen MR) is 49.9 cm³/mol. The van der Waals surface area contributed by atoms with Crippen molar-refractivity contribution in [3.05, 3.63) is 47.9 Å². The Balaban J connectivity index is 1.71. The molecule has 1 aromatic carbocycles. The van der Waals surface area contributed by atoms with E-state index in [1.54, 1.807) is 6.20 Å². The highest BCUT2D eigenvalue weighted by Gasteiger charge is 2.59. The summed E-state index contributed by atoms with van der Waals surface area (Å²) in [7, 11) is 0. The second-order valence-electron chi connectivity index (χ2n) is 3.71. The first-order valence-corrected chi connectivity index (χ1v) is 4.64. The van der Waals surface area contributed by atoms with Crippen LogP contribution < -0.4 is 0 Å². The van der Waals surface area contributed by atoms with Crippen molar-refractivity contribution >= 4 is 0 Å². The van der Waals surface area contributed by atoms with Gasteiger partial charge < -0.3 is 9.64 Å². The highest BCUT2D eigenvalue weighted by molar-refractivity contribution is 5.27. The van der Waals surface area contributed by atoms with E-state index in [4.69, 9.17) is 4.74 Å². The molecule has 0 spiro atoms. The molecule has 3 heteroatoms. The third-order valence-electron chi connectivity index (χ3n) is 2.53. The first-order chi connectivity index (χ1) is 6.76. The number of epoxide rings is 1. The third kappa shape index (κ3) is 1.16. The Bertz CT molecular complexity index is 390. The largest absolute Gasteiger partial charge is 0.445 e. The number of hydrogen-bond acceptors (Lipinski definition) is 2. The second kappa shape index (κ2) is 2.50. The van der Waals surface area contributed by atoms with Crippen molar-refractivity contribution in [3.63, 3.8) is 0 Å². The molecule has 2 nitrogen and oxygen atoms in total. The zero-order valence-electron chi connectivity index (χ0n) is 7.61. The highest BCUT2D eigenvalue weighted by Crippen LogP contribution is 2.47. The van der Waals surface area contributed by atoms with Crippen LogP contribution in [0, 0.1) is 0 Å². The van der Waals surface area contributed by atoms with Crippen LogP contribution in [0.2, 0.25) is 0 Å². The molecule has 0 radical (unpaired) electrons. The smallest absolute Gasteiger partial charge is 0.324 e. The zero-order chi connectivity index (χ0) is 9.60. The fourth-order valence-corrected chi connectivity index (χ4v) is 1.77. The molecular formula is C11H10FNO. The van der Waals surface area contributed by atoms with Gasteiger partial charge in [0.05, 0.1) is 6.54 Å². The minimum atomic E-state index is -1.45.